The van der Waals surface area contributed by atoms with Gasteiger partial charge in [0, 0.05) is 6.54 Å². The van der Waals surface area contributed by atoms with E-state index in [1.807, 2.05) is 11.8 Å². The Balaban J connectivity index is 1.92. The van der Waals surface area contributed by atoms with Crippen LogP contribution in [0.15, 0.2) is 0 Å². The van der Waals surface area contributed by atoms with Crippen LogP contribution in [0.3, 0.4) is 0 Å². The lowest BCUT2D eigenvalue weighted by molar-refractivity contribution is -0.120. The fourth-order valence-electron chi connectivity index (χ4n) is 1.41. The van der Waals surface area contributed by atoms with Crippen molar-refractivity contribution in [1.29, 1.82) is 0 Å². The molecule has 1 saturated carbocycles. The van der Waals surface area contributed by atoms with Crippen molar-refractivity contribution in [3.05, 3.63) is 0 Å². The van der Waals surface area contributed by atoms with Crippen LogP contribution in [0, 0.1) is 11.8 Å². The number of carbonyl (C=O) groups is 1. The molecule has 1 amide bonds. The summed E-state index contributed by atoms with van der Waals surface area (Å²) in [5.41, 5.74) is 0. The van der Waals surface area contributed by atoms with Crippen LogP contribution < -0.4 is 10.6 Å². The van der Waals surface area contributed by atoms with E-state index in [1.165, 1.54) is 12.8 Å². The van der Waals surface area contributed by atoms with Gasteiger partial charge in [-0.05, 0) is 43.2 Å². The standard InChI is InChI=1S/C11H22N2OS/c1-9(8-15-2)5-13-11(14)7-12-6-10-3-4-10/h9-10,12H,3-8H2,1-2H3,(H,13,14). The van der Waals surface area contributed by atoms with Gasteiger partial charge in [0.2, 0.25) is 5.91 Å². The van der Waals surface area contributed by atoms with Crippen LogP contribution in [-0.2, 0) is 4.79 Å². The fraction of sp³-hybridized carbons (Fsp3) is 0.909. The third-order valence-corrected chi connectivity index (χ3v) is 3.42. The molecule has 0 radical (unpaired) electrons. The van der Waals surface area contributed by atoms with Gasteiger partial charge in [-0.1, -0.05) is 6.92 Å². The smallest absolute Gasteiger partial charge is 0.233 e. The fourth-order valence-corrected chi connectivity index (χ4v) is 2.09. The van der Waals surface area contributed by atoms with Gasteiger partial charge in [-0.3, -0.25) is 4.79 Å². The molecule has 0 aromatic carbocycles. The molecule has 1 fully saturated rings. The average molecular weight is 230 g/mol. The maximum absolute atomic E-state index is 11.4. The van der Waals surface area contributed by atoms with Gasteiger partial charge in [0.15, 0.2) is 0 Å². The number of rotatable bonds is 8. The van der Waals surface area contributed by atoms with Crippen LogP contribution in [0.5, 0.6) is 0 Å². The molecule has 2 N–H and O–H groups in total. The van der Waals surface area contributed by atoms with Crippen molar-refractivity contribution in [1.82, 2.24) is 10.6 Å². The zero-order valence-electron chi connectivity index (χ0n) is 9.71. The first-order chi connectivity index (χ1) is 7.22. The van der Waals surface area contributed by atoms with Crippen LogP contribution in [0.2, 0.25) is 0 Å². The summed E-state index contributed by atoms with van der Waals surface area (Å²) in [6.45, 7) is 4.44. The SMILES string of the molecule is CSCC(C)CNC(=O)CNCC1CC1. The van der Waals surface area contributed by atoms with Crippen molar-refractivity contribution < 1.29 is 4.79 Å². The number of amides is 1. The van der Waals surface area contributed by atoms with Gasteiger partial charge in [-0.2, -0.15) is 11.8 Å². The summed E-state index contributed by atoms with van der Waals surface area (Å²) < 4.78 is 0. The van der Waals surface area contributed by atoms with E-state index < -0.39 is 0 Å². The Hall–Kier alpha value is -0.220. The van der Waals surface area contributed by atoms with Gasteiger partial charge in [0.05, 0.1) is 6.54 Å². The van der Waals surface area contributed by atoms with E-state index >= 15 is 0 Å². The lowest BCUT2D eigenvalue weighted by atomic mass is 10.2. The topological polar surface area (TPSA) is 41.1 Å². The van der Waals surface area contributed by atoms with Crippen LogP contribution >= 0.6 is 11.8 Å². The Morgan fingerprint density at radius 2 is 2.27 bits per heavy atom. The van der Waals surface area contributed by atoms with Crippen molar-refractivity contribution >= 4 is 17.7 Å². The lowest BCUT2D eigenvalue weighted by Crippen LogP contribution is -2.37. The highest BCUT2D eigenvalue weighted by Gasteiger charge is 2.20. The first kappa shape index (κ1) is 12.8. The minimum Gasteiger partial charge on any atom is -0.355 e. The van der Waals surface area contributed by atoms with Crippen LogP contribution in [0.25, 0.3) is 0 Å². The quantitative estimate of drug-likeness (QED) is 0.656. The van der Waals surface area contributed by atoms with Gasteiger partial charge in [0.25, 0.3) is 0 Å². The summed E-state index contributed by atoms with van der Waals surface area (Å²) >= 11 is 1.82. The molecule has 0 heterocycles. The normalized spacial score (nSPS) is 17.5. The first-order valence-electron chi connectivity index (χ1n) is 5.68. The van der Waals surface area contributed by atoms with Crippen molar-refractivity contribution in [2.24, 2.45) is 11.8 Å². The van der Waals surface area contributed by atoms with E-state index in [1.54, 1.807) is 0 Å². The van der Waals surface area contributed by atoms with Gasteiger partial charge < -0.3 is 10.6 Å². The molecule has 1 atom stereocenters. The van der Waals surface area contributed by atoms with E-state index in [4.69, 9.17) is 0 Å². The molecular formula is C11H22N2OS. The molecule has 1 aliphatic carbocycles. The average Bonchev–Trinajstić information content (AvgIpc) is 2.99. The third-order valence-electron chi connectivity index (χ3n) is 2.51. The number of hydrogen-bond acceptors (Lipinski definition) is 3. The summed E-state index contributed by atoms with van der Waals surface area (Å²) in [5.74, 6) is 2.64. The third kappa shape index (κ3) is 6.79. The Labute approximate surface area is 96.8 Å². The molecule has 0 saturated heterocycles. The van der Waals surface area contributed by atoms with Crippen molar-refractivity contribution in [2.45, 2.75) is 19.8 Å². The molecule has 0 aliphatic heterocycles. The second kappa shape index (κ2) is 7.12. The molecule has 0 aromatic rings. The molecule has 4 heteroatoms. The van der Waals surface area contributed by atoms with Crippen molar-refractivity contribution in [3.63, 3.8) is 0 Å². The second-order valence-corrected chi connectivity index (χ2v) is 5.35. The maximum Gasteiger partial charge on any atom is 0.233 e. The van der Waals surface area contributed by atoms with Gasteiger partial charge in [-0.25, -0.2) is 0 Å². The van der Waals surface area contributed by atoms with E-state index in [0.29, 0.717) is 12.5 Å². The Morgan fingerprint density at radius 3 is 2.87 bits per heavy atom. The minimum atomic E-state index is 0.128. The van der Waals surface area contributed by atoms with Crippen LogP contribution in [0.1, 0.15) is 19.8 Å². The number of carbonyl (C=O) groups excluding carboxylic acids is 1. The Kier molecular flexibility index (Phi) is 6.10. The second-order valence-electron chi connectivity index (χ2n) is 4.44. The monoisotopic (exact) mass is 230 g/mol. The number of thioether (sulfide) groups is 1. The van der Waals surface area contributed by atoms with Gasteiger partial charge >= 0.3 is 0 Å². The molecule has 1 rings (SSSR count). The summed E-state index contributed by atoms with van der Waals surface area (Å²) in [5, 5.41) is 6.13. The summed E-state index contributed by atoms with van der Waals surface area (Å²) in [6.07, 6.45) is 4.76. The highest BCUT2D eigenvalue weighted by Crippen LogP contribution is 2.27. The molecule has 88 valence electrons. The largest absolute Gasteiger partial charge is 0.355 e. The van der Waals surface area contributed by atoms with E-state index in [9.17, 15) is 4.79 Å². The summed E-state index contributed by atoms with van der Waals surface area (Å²) in [7, 11) is 0. The molecule has 0 spiro atoms. The lowest BCUT2D eigenvalue weighted by Gasteiger charge is -2.11. The first-order valence-corrected chi connectivity index (χ1v) is 7.08. The number of nitrogens with one attached hydrogen (secondary N) is 2. The molecule has 0 bridgehead atoms. The minimum absolute atomic E-state index is 0.128. The summed E-state index contributed by atoms with van der Waals surface area (Å²) in [4.78, 5) is 11.4. The summed E-state index contributed by atoms with van der Waals surface area (Å²) in [6, 6.07) is 0. The van der Waals surface area contributed by atoms with Gasteiger partial charge in [-0.15, -0.1) is 0 Å². The molecule has 1 aliphatic rings. The van der Waals surface area contributed by atoms with Gasteiger partial charge in [0.1, 0.15) is 0 Å². The van der Waals surface area contributed by atoms with Crippen LogP contribution in [-0.4, -0.2) is 37.6 Å². The zero-order chi connectivity index (χ0) is 11.1. The highest BCUT2D eigenvalue weighted by atomic mass is 32.2. The maximum atomic E-state index is 11.4. The highest BCUT2D eigenvalue weighted by molar-refractivity contribution is 7.98. The molecule has 3 nitrogen and oxygen atoms in total. The van der Waals surface area contributed by atoms with E-state index in [2.05, 4.69) is 23.8 Å². The Bertz CT molecular complexity index is 195. The van der Waals surface area contributed by atoms with Crippen molar-refractivity contribution in [3.8, 4) is 0 Å². The molecular weight excluding hydrogens is 208 g/mol. The Morgan fingerprint density at radius 1 is 1.53 bits per heavy atom. The predicted octanol–water partition coefficient (Wildman–Crippen LogP) is 1.10. The molecule has 1 unspecified atom stereocenters. The van der Waals surface area contributed by atoms with E-state index in [0.717, 1.165) is 24.8 Å². The van der Waals surface area contributed by atoms with Crippen molar-refractivity contribution in [2.75, 3.05) is 31.6 Å². The van der Waals surface area contributed by atoms with E-state index in [-0.39, 0.29) is 5.91 Å². The van der Waals surface area contributed by atoms with Crippen LogP contribution in [0.4, 0.5) is 0 Å². The molecule has 0 aromatic heterocycles. The zero-order valence-corrected chi connectivity index (χ0v) is 10.5. The predicted molar refractivity (Wildman–Crippen MR) is 66.1 cm³/mol. The molecule has 15 heavy (non-hydrogen) atoms. The number of hydrogen-bond donors (Lipinski definition) is 2.